The van der Waals surface area contributed by atoms with Crippen molar-refractivity contribution in [1.82, 2.24) is 30.7 Å². The Hall–Kier alpha value is -6.61. The molecule has 8 amide bonds. The molecule has 3 atom stereocenters. The Kier molecular flexibility index (Phi) is 11.9. The monoisotopic (exact) mass is 833 g/mol. The molecule has 2 aromatic carbocycles. The van der Waals surface area contributed by atoms with Crippen LogP contribution in [0.25, 0.3) is 0 Å². The highest BCUT2D eigenvalue weighted by Gasteiger charge is 2.66. The van der Waals surface area contributed by atoms with Crippen molar-refractivity contribution in [2.75, 3.05) is 43.2 Å². The highest BCUT2D eigenvalue weighted by atomic mass is 32.2. The highest BCUT2D eigenvalue weighted by Crippen LogP contribution is 2.46. The number of carboxylic acid groups (broad SMARTS) is 1. The molecule has 3 aliphatic rings. The molecule has 0 aliphatic carbocycles. The Morgan fingerprint density at radius 3 is 2.36 bits per heavy atom. The Labute approximate surface area is 338 Å². The van der Waals surface area contributed by atoms with Crippen molar-refractivity contribution in [1.29, 1.82) is 0 Å². The summed E-state index contributed by atoms with van der Waals surface area (Å²) in [5.41, 5.74) is -1.68. The first-order valence-electron chi connectivity index (χ1n) is 17.6. The Bertz CT molecular complexity index is 2230. The molecule has 0 unspecified atom stereocenters. The third-order valence-electron chi connectivity index (χ3n) is 9.62. The van der Waals surface area contributed by atoms with E-state index in [9.17, 15) is 53.7 Å². The zero-order valence-electron chi connectivity index (χ0n) is 30.9. The van der Waals surface area contributed by atoms with E-state index in [0.29, 0.717) is 15.4 Å². The molecule has 21 heteroatoms. The van der Waals surface area contributed by atoms with Gasteiger partial charge in [0.05, 0.1) is 7.05 Å². The molecule has 58 heavy (non-hydrogen) atoms. The van der Waals surface area contributed by atoms with E-state index in [1.165, 1.54) is 57.7 Å². The SMILES string of the molecule is CCN1CCN(C(=O)N[C@@H](C(=O)N[C@]2(NC=O)C(=O)N3C(C(=O)O)=C(CSc4cc[n+](N(C)C(=O)c5ccc(O)c(O)c5)cc4)CS[C@@H]32)c2ccccc2)C(=O)C1=O. The molecule has 2 fully saturated rings. The fourth-order valence-corrected chi connectivity index (χ4v) is 8.96. The summed E-state index contributed by atoms with van der Waals surface area (Å²) in [6.45, 7) is 1.91. The maximum atomic E-state index is 14.0. The molecule has 6 N–H and O–H groups in total. The summed E-state index contributed by atoms with van der Waals surface area (Å²) < 4.78 is 1.48. The third-order valence-corrected chi connectivity index (χ3v) is 12.1. The fraction of sp³-hybridized carbons (Fsp3) is 0.270. The Balaban J connectivity index is 1.17. The number of carbonyl (C=O) groups excluding carboxylic acids is 7. The van der Waals surface area contributed by atoms with Gasteiger partial charge in [-0.05, 0) is 36.3 Å². The summed E-state index contributed by atoms with van der Waals surface area (Å²) in [7, 11) is 1.50. The average Bonchev–Trinajstić information content (AvgIpc) is 3.22. The number of aliphatic carboxylic acids is 1. The van der Waals surface area contributed by atoms with Crippen LogP contribution in [-0.4, -0.2) is 127 Å². The number of pyridine rings is 1. The molecular weight excluding hydrogens is 797 g/mol. The van der Waals surface area contributed by atoms with Crippen molar-refractivity contribution >= 4 is 71.5 Å². The van der Waals surface area contributed by atoms with Gasteiger partial charge in [-0.15, -0.1) is 28.5 Å². The van der Waals surface area contributed by atoms with Gasteiger partial charge < -0.3 is 36.2 Å². The number of carboxylic acids is 1. The number of rotatable bonds is 13. The number of phenols is 2. The van der Waals surface area contributed by atoms with Crippen molar-refractivity contribution in [3.05, 3.63) is 95.5 Å². The van der Waals surface area contributed by atoms with Crippen LogP contribution in [0.4, 0.5) is 4.79 Å². The van der Waals surface area contributed by atoms with E-state index in [-0.39, 0.29) is 60.1 Å². The maximum Gasteiger partial charge on any atom is 0.352 e. The van der Waals surface area contributed by atoms with Gasteiger partial charge >= 0.3 is 29.7 Å². The van der Waals surface area contributed by atoms with E-state index in [2.05, 4.69) is 16.0 Å². The molecular formula is C37H37N8O11S2+. The molecule has 4 heterocycles. The lowest BCUT2D eigenvalue weighted by Crippen LogP contribution is -2.85. The van der Waals surface area contributed by atoms with Gasteiger partial charge in [-0.25, -0.2) is 9.59 Å². The molecule has 302 valence electrons. The van der Waals surface area contributed by atoms with Crippen molar-refractivity contribution < 1.29 is 58.4 Å². The number of thioether (sulfide) groups is 2. The number of benzene rings is 2. The van der Waals surface area contributed by atoms with E-state index in [1.807, 2.05) is 0 Å². The van der Waals surface area contributed by atoms with Gasteiger partial charge in [0, 0.05) is 53.7 Å². The summed E-state index contributed by atoms with van der Waals surface area (Å²) in [6, 6.07) is 12.4. The minimum Gasteiger partial charge on any atom is -0.504 e. The standard InChI is InChI=1S/C37H36N8O11S2/c1-3-42-15-16-44(32(52)31(42)51)36(56)39-27(21-7-5-4-6-8-21)29(49)40-37(38-20-46)34(55)45-28(33(53)54)23(19-58-35(37)45)18-57-24-11-13-43(14-12-24)41(2)30(50)22-9-10-25(47)26(48)17-22/h4-14,17,20,27,35H,3,15-16,18-19H2,1-2H3,(H5-,38,39,40,46,47,48,49,50,51,52,53,54,56)/p+1/t27-,35-,37-/m1/s1. The number of hydrogen-bond acceptors (Lipinski definition) is 12. The number of imide groups is 1. The topological polar surface area (TPSA) is 250 Å². The summed E-state index contributed by atoms with van der Waals surface area (Å²) in [6.07, 6.45) is 3.38. The first-order chi connectivity index (χ1) is 27.7. The smallest absolute Gasteiger partial charge is 0.352 e. The van der Waals surface area contributed by atoms with Crippen LogP contribution in [0.1, 0.15) is 28.9 Å². The molecule has 0 radical (unpaired) electrons. The number of phenolic OH excluding ortho intramolecular Hbond substituents is 2. The van der Waals surface area contributed by atoms with E-state index >= 15 is 0 Å². The third kappa shape index (κ3) is 7.72. The number of aromatic hydroxyl groups is 2. The molecule has 2 saturated heterocycles. The van der Waals surface area contributed by atoms with Gasteiger partial charge in [0.15, 0.2) is 11.5 Å². The Morgan fingerprint density at radius 2 is 1.72 bits per heavy atom. The second kappa shape index (κ2) is 16.9. The lowest BCUT2D eigenvalue weighted by atomic mass is 9.94. The minimum atomic E-state index is -2.12. The first kappa shape index (κ1) is 41.0. The van der Waals surface area contributed by atoms with Gasteiger partial charge in [0.2, 0.25) is 30.4 Å². The molecule has 19 nitrogen and oxygen atoms in total. The molecule has 6 rings (SSSR count). The van der Waals surface area contributed by atoms with Crippen LogP contribution in [-0.2, 0) is 28.8 Å². The summed E-state index contributed by atoms with van der Waals surface area (Å²) in [5, 5.41) is 37.2. The predicted molar refractivity (Wildman–Crippen MR) is 205 cm³/mol. The maximum absolute atomic E-state index is 14.0. The number of hydrogen-bond donors (Lipinski definition) is 6. The van der Waals surface area contributed by atoms with Gasteiger partial charge in [-0.2, -0.15) is 0 Å². The number of fused-ring (bicyclic) bond motifs is 1. The summed E-state index contributed by atoms with van der Waals surface area (Å²) in [4.78, 5) is 108. The van der Waals surface area contributed by atoms with Crippen molar-refractivity contribution in [2.45, 2.75) is 28.9 Å². The second-order valence-corrected chi connectivity index (χ2v) is 15.1. The zero-order valence-corrected chi connectivity index (χ0v) is 32.5. The van der Waals surface area contributed by atoms with Crippen LogP contribution in [0.3, 0.4) is 0 Å². The Morgan fingerprint density at radius 1 is 1.02 bits per heavy atom. The fourth-order valence-electron chi connectivity index (χ4n) is 6.51. The number of β-lactam (4-membered cyclic amide) rings is 1. The van der Waals surface area contributed by atoms with E-state index in [0.717, 1.165) is 22.7 Å². The molecule has 3 aromatic rings. The van der Waals surface area contributed by atoms with Gasteiger partial charge in [0.25, 0.3) is 5.91 Å². The number of amides is 8. The van der Waals surface area contributed by atoms with Gasteiger partial charge in [-0.1, -0.05) is 35.0 Å². The number of urea groups is 1. The average molecular weight is 834 g/mol. The largest absolute Gasteiger partial charge is 0.504 e. The number of likely N-dealkylation sites (N-methyl/N-ethyl adjacent to an activating group) is 1. The zero-order chi connectivity index (χ0) is 41.9. The number of piperazine rings is 1. The predicted octanol–water partition coefficient (Wildman–Crippen LogP) is -0.160. The van der Waals surface area contributed by atoms with Crippen LogP contribution >= 0.6 is 23.5 Å². The minimum absolute atomic E-state index is 0.0868. The molecule has 0 saturated carbocycles. The number of nitrogens with one attached hydrogen (secondary N) is 3. The number of carbonyl (C=O) groups is 8. The number of nitrogens with zero attached hydrogens (tertiary/aromatic N) is 5. The molecule has 0 bridgehead atoms. The number of aromatic nitrogens is 1. The van der Waals surface area contributed by atoms with Gasteiger partial charge in [-0.3, -0.25) is 38.6 Å². The van der Waals surface area contributed by atoms with E-state index in [1.54, 1.807) is 49.6 Å². The van der Waals surface area contributed by atoms with Crippen molar-refractivity contribution in [3.63, 3.8) is 0 Å². The normalized spacial score (nSPS) is 19.4. The quantitative estimate of drug-likeness (QED) is 0.0250. The molecule has 1 aromatic heterocycles. The molecule has 3 aliphatic heterocycles. The molecule has 0 spiro atoms. The summed E-state index contributed by atoms with van der Waals surface area (Å²) >= 11 is 2.36. The van der Waals surface area contributed by atoms with Crippen molar-refractivity contribution in [3.8, 4) is 11.5 Å². The lowest BCUT2D eigenvalue weighted by molar-refractivity contribution is -0.679. The lowest BCUT2D eigenvalue weighted by Gasteiger charge is -2.56. The van der Waals surface area contributed by atoms with Crippen LogP contribution in [0.2, 0.25) is 0 Å². The highest BCUT2D eigenvalue weighted by molar-refractivity contribution is 8.01. The first-order valence-corrected chi connectivity index (χ1v) is 19.6. The summed E-state index contributed by atoms with van der Waals surface area (Å²) in [5.74, 6) is -6.35. The second-order valence-electron chi connectivity index (χ2n) is 13.0. The van der Waals surface area contributed by atoms with Crippen LogP contribution in [0, 0.1) is 0 Å². The van der Waals surface area contributed by atoms with Crippen molar-refractivity contribution in [2.24, 2.45) is 0 Å². The van der Waals surface area contributed by atoms with E-state index in [4.69, 9.17) is 0 Å². The van der Waals surface area contributed by atoms with Crippen LogP contribution in [0.15, 0.2) is 89.2 Å². The van der Waals surface area contributed by atoms with Gasteiger partial charge in [0.1, 0.15) is 17.1 Å². The van der Waals surface area contributed by atoms with Crippen LogP contribution < -0.4 is 25.6 Å². The van der Waals surface area contributed by atoms with E-state index < -0.39 is 64.4 Å². The van der Waals surface area contributed by atoms with Crippen LogP contribution in [0.5, 0.6) is 11.5 Å².